The van der Waals surface area contributed by atoms with Crippen molar-refractivity contribution in [1.29, 1.82) is 0 Å². The third-order valence-electron chi connectivity index (χ3n) is 3.78. The van der Waals surface area contributed by atoms with E-state index in [2.05, 4.69) is 15.0 Å². The van der Waals surface area contributed by atoms with Crippen molar-refractivity contribution in [2.24, 2.45) is 0 Å². The molecule has 7 nitrogen and oxygen atoms in total. The molecule has 0 spiro atoms. The van der Waals surface area contributed by atoms with Crippen LogP contribution < -0.4 is 15.6 Å². The van der Waals surface area contributed by atoms with Gasteiger partial charge >= 0.3 is 0 Å². The van der Waals surface area contributed by atoms with Crippen molar-refractivity contribution in [1.82, 2.24) is 14.3 Å². The third kappa shape index (κ3) is 4.90. The summed E-state index contributed by atoms with van der Waals surface area (Å²) in [6.45, 7) is 5.60. The van der Waals surface area contributed by atoms with Crippen molar-refractivity contribution < 1.29 is 9.00 Å². The molecular weight excluding hydrogens is 376 g/mol. The SMILES string of the molecule is CC(C)(C)NS(=O)c1cccc(NC(=O)Cn2cnc3ccccc3c2=O)c1. The lowest BCUT2D eigenvalue weighted by atomic mass is 10.1. The Morgan fingerprint density at radius 2 is 1.89 bits per heavy atom. The zero-order valence-electron chi connectivity index (χ0n) is 15.9. The van der Waals surface area contributed by atoms with Crippen LogP contribution in [0, 0.1) is 0 Å². The molecule has 0 aliphatic carbocycles. The smallest absolute Gasteiger partial charge is 0.261 e. The fourth-order valence-electron chi connectivity index (χ4n) is 2.60. The average molecular weight is 398 g/mol. The number of nitrogens with zero attached hydrogens (tertiary/aromatic N) is 2. The Morgan fingerprint density at radius 1 is 1.14 bits per heavy atom. The number of benzene rings is 2. The highest BCUT2D eigenvalue weighted by molar-refractivity contribution is 7.83. The van der Waals surface area contributed by atoms with Crippen LogP contribution in [0.4, 0.5) is 5.69 Å². The average Bonchev–Trinajstić information content (AvgIpc) is 2.63. The molecule has 3 rings (SSSR count). The van der Waals surface area contributed by atoms with Gasteiger partial charge in [-0.05, 0) is 51.1 Å². The first-order valence-electron chi connectivity index (χ1n) is 8.77. The standard InChI is InChI=1S/C20H22N4O3S/c1-20(2,3)23-28(27)15-8-6-7-14(11-15)22-18(25)12-24-13-21-17-10-5-4-9-16(17)19(24)26/h4-11,13,23H,12H2,1-3H3,(H,22,25). The number of fused-ring (bicyclic) bond motifs is 1. The van der Waals surface area contributed by atoms with Crippen LogP contribution in [0.2, 0.25) is 0 Å². The number of nitrogens with one attached hydrogen (secondary N) is 2. The second kappa shape index (κ2) is 8.04. The minimum absolute atomic E-state index is 0.162. The minimum Gasteiger partial charge on any atom is -0.324 e. The van der Waals surface area contributed by atoms with Gasteiger partial charge in [0.1, 0.15) is 17.5 Å². The number of amides is 1. The Hall–Kier alpha value is -2.84. The van der Waals surface area contributed by atoms with Gasteiger partial charge in [-0.1, -0.05) is 18.2 Å². The third-order valence-corrected chi connectivity index (χ3v) is 5.26. The Bertz CT molecular complexity index is 1100. The molecule has 1 unspecified atom stereocenters. The maximum Gasteiger partial charge on any atom is 0.261 e. The molecule has 0 saturated carbocycles. The summed E-state index contributed by atoms with van der Waals surface area (Å²) in [5.74, 6) is -0.370. The number of hydrogen-bond donors (Lipinski definition) is 2. The summed E-state index contributed by atoms with van der Waals surface area (Å²) in [7, 11) is -1.40. The quantitative estimate of drug-likeness (QED) is 0.690. The van der Waals surface area contributed by atoms with Gasteiger partial charge < -0.3 is 5.32 Å². The second-order valence-electron chi connectivity index (χ2n) is 7.39. The van der Waals surface area contributed by atoms with E-state index in [1.54, 1.807) is 48.5 Å². The van der Waals surface area contributed by atoms with E-state index in [4.69, 9.17) is 0 Å². The maximum atomic E-state index is 12.5. The van der Waals surface area contributed by atoms with Gasteiger partial charge in [0.05, 0.1) is 22.1 Å². The monoisotopic (exact) mass is 398 g/mol. The van der Waals surface area contributed by atoms with Crippen molar-refractivity contribution in [2.45, 2.75) is 37.8 Å². The van der Waals surface area contributed by atoms with Crippen molar-refractivity contribution in [3.8, 4) is 0 Å². The molecular formula is C20H22N4O3S. The predicted molar refractivity (Wildman–Crippen MR) is 110 cm³/mol. The molecule has 0 radical (unpaired) electrons. The van der Waals surface area contributed by atoms with Crippen LogP contribution in [0.15, 0.2) is 64.5 Å². The Balaban J connectivity index is 1.74. The van der Waals surface area contributed by atoms with Gasteiger partial charge in [-0.2, -0.15) is 0 Å². The Morgan fingerprint density at radius 3 is 2.64 bits per heavy atom. The molecule has 1 amide bonds. The predicted octanol–water partition coefficient (Wildman–Crippen LogP) is 2.45. The van der Waals surface area contributed by atoms with Crippen LogP contribution in [0.5, 0.6) is 0 Å². The van der Waals surface area contributed by atoms with Gasteiger partial charge in [0.15, 0.2) is 0 Å². The highest BCUT2D eigenvalue weighted by Gasteiger charge is 2.15. The summed E-state index contributed by atoms with van der Waals surface area (Å²) < 4.78 is 16.6. The first kappa shape index (κ1) is 19.9. The number of hydrogen-bond acceptors (Lipinski definition) is 4. The number of anilines is 1. The molecule has 3 aromatic rings. The van der Waals surface area contributed by atoms with E-state index in [0.29, 0.717) is 21.5 Å². The molecule has 2 aromatic carbocycles. The number of rotatable bonds is 5. The molecule has 1 atom stereocenters. The molecule has 2 N–H and O–H groups in total. The lowest BCUT2D eigenvalue weighted by Crippen LogP contribution is -2.37. The summed E-state index contributed by atoms with van der Waals surface area (Å²) in [6, 6.07) is 13.8. The van der Waals surface area contributed by atoms with Crippen LogP contribution in [0.1, 0.15) is 20.8 Å². The number of aromatic nitrogens is 2. The van der Waals surface area contributed by atoms with Crippen LogP contribution >= 0.6 is 0 Å². The highest BCUT2D eigenvalue weighted by atomic mass is 32.2. The summed E-state index contributed by atoms with van der Waals surface area (Å²) in [6.07, 6.45) is 1.36. The van der Waals surface area contributed by atoms with Crippen molar-refractivity contribution in [3.05, 3.63) is 65.2 Å². The summed E-state index contributed by atoms with van der Waals surface area (Å²) in [4.78, 5) is 29.6. The Labute approximate surface area is 165 Å². The zero-order valence-corrected chi connectivity index (χ0v) is 16.7. The zero-order chi connectivity index (χ0) is 20.3. The maximum absolute atomic E-state index is 12.5. The Kier molecular flexibility index (Phi) is 5.71. The fraction of sp³-hybridized carbons (Fsp3) is 0.250. The summed E-state index contributed by atoms with van der Waals surface area (Å²) in [5.41, 5.74) is 0.512. The summed E-state index contributed by atoms with van der Waals surface area (Å²) in [5, 5.41) is 3.20. The first-order valence-corrected chi connectivity index (χ1v) is 9.92. The van der Waals surface area contributed by atoms with Crippen LogP contribution in [-0.2, 0) is 22.3 Å². The lowest BCUT2D eigenvalue weighted by Gasteiger charge is -2.19. The molecule has 146 valence electrons. The molecule has 1 heterocycles. The van der Waals surface area contributed by atoms with E-state index in [1.165, 1.54) is 10.9 Å². The number of para-hydroxylation sites is 1. The normalized spacial score (nSPS) is 12.7. The van der Waals surface area contributed by atoms with Gasteiger partial charge in [0.2, 0.25) is 5.91 Å². The van der Waals surface area contributed by atoms with Gasteiger partial charge in [-0.15, -0.1) is 0 Å². The van der Waals surface area contributed by atoms with Crippen molar-refractivity contribution in [3.63, 3.8) is 0 Å². The van der Waals surface area contributed by atoms with E-state index in [0.717, 1.165) is 0 Å². The van der Waals surface area contributed by atoms with Crippen molar-refractivity contribution >= 4 is 33.5 Å². The molecule has 0 saturated heterocycles. The molecule has 0 aliphatic rings. The fourth-order valence-corrected chi connectivity index (χ4v) is 3.71. The molecule has 1 aromatic heterocycles. The highest BCUT2D eigenvalue weighted by Crippen LogP contribution is 2.15. The van der Waals surface area contributed by atoms with Gasteiger partial charge in [0, 0.05) is 11.2 Å². The first-order chi connectivity index (χ1) is 13.2. The van der Waals surface area contributed by atoms with E-state index in [-0.39, 0.29) is 23.6 Å². The van der Waals surface area contributed by atoms with E-state index >= 15 is 0 Å². The summed E-state index contributed by atoms with van der Waals surface area (Å²) >= 11 is 0. The number of carbonyl (C=O) groups is 1. The van der Waals surface area contributed by atoms with Crippen molar-refractivity contribution in [2.75, 3.05) is 5.32 Å². The van der Waals surface area contributed by atoms with Crippen LogP contribution in [0.3, 0.4) is 0 Å². The lowest BCUT2D eigenvalue weighted by molar-refractivity contribution is -0.116. The minimum atomic E-state index is -1.40. The van der Waals surface area contributed by atoms with Crippen LogP contribution in [0.25, 0.3) is 10.9 Å². The van der Waals surface area contributed by atoms with Gasteiger partial charge in [0.25, 0.3) is 5.56 Å². The number of carbonyl (C=O) groups excluding carboxylic acids is 1. The van der Waals surface area contributed by atoms with E-state index in [9.17, 15) is 13.8 Å². The van der Waals surface area contributed by atoms with Crippen LogP contribution in [-0.4, -0.2) is 25.2 Å². The second-order valence-corrected chi connectivity index (χ2v) is 8.60. The molecule has 0 aliphatic heterocycles. The van der Waals surface area contributed by atoms with E-state index in [1.807, 2.05) is 20.8 Å². The largest absolute Gasteiger partial charge is 0.324 e. The van der Waals surface area contributed by atoms with Gasteiger partial charge in [-0.25, -0.2) is 13.9 Å². The van der Waals surface area contributed by atoms with Gasteiger partial charge in [-0.3, -0.25) is 14.2 Å². The molecule has 0 bridgehead atoms. The molecule has 0 fully saturated rings. The molecule has 8 heteroatoms. The van der Waals surface area contributed by atoms with E-state index < -0.39 is 11.0 Å². The molecule has 28 heavy (non-hydrogen) atoms. The topological polar surface area (TPSA) is 93.1 Å².